The van der Waals surface area contributed by atoms with Gasteiger partial charge in [-0.05, 0) is 75.1 Å². The highest BCUT2D eigenvalue weighted by Gasteiger charge is 2.40. The fraction of sp³-hybridized carbons (Fsp3) is 0.429. The van der Waals surface area contributed by atoms with Crippen LogP contribution < -0.4 is 9.47 Å². The number of rotatable bonds is 14. The summed E-state index contributed by atoms with van der Waals surface area (Å²) >= 11 is 0. The first kappa shape index (κ1) is 30.5. The van der Waals surface area contributed by atoms with E-state index in [-0.39, 0.29) is 12.5 Å². The zero-order valence-electron chi connectivity index (χ0n) is 25.6. The Kier molecular flexibility index (Phi) is 10.4. The average Bonchev–Trinajstić information content (AvgIpc) is 3.40. The zero-order chi connectivity index (χ0) is 29.4. The van der Waals surface area contributed by atoms with Crippen molar-refractivity contribution in [3.8, 4) is 11.5 Å². The third-order valence-corrected chi connectivity index (χ3v) is 7.89. The van der Waals surface area contributed by atoms with Crippen LogP contribution in [0.25, 0.3) is 0 Å². The molecule has 0 saturated carbocycles. The molecule has 3 aromatic rings. The Morgan fingerprint density at radius 2 is 1.29 bits per heavy atom. The standard InChI is InChI=1S/C35H45NO5/c1-8-27-22-39-33(34(27)40-24-36(25(2)3)26(4)5)23-41-35(28-12-10-9-11-13-28,29-14-18-31(37-6)19-15-29)30-16-20-32(38-7)21-17-30/h9-21,25-27H,8,22-24H2,1-7H3. The van der Waals surface area contributed by atoms with E-state index in [0.717, 1.165) is 46.1 Å². The van der Waals surface area contributed by atoms with Crippen molar-refractivity contribution in [3.63, 3.8) is 0 Å². The van der Waals surface area contributed by atoms with Crippen LogP contribution in [0.1, 0.15) is 57.7 Å². The maximum absolute atomic E-state index is 7.09. The predicted molar refractivity (Wildman–Crippen MR) is 163 cm³/mol. The van der Waals surface area contributed by atoms with Crippen molar-refractivity contribution in [2.24, 2.45) is 5.92 Å². The molecule has 0 radical (unpaired) electrons. The normalized spacial score (nSPS) is 15.5. The van der Waals surface area contributed by atoms with Crippen LogP contribution in [0.5, 0.6) is 11.5 Å². The van der Waals surface area contributed by atoms with Crippen molar-refractivity contribution in [1.29, 1.82) is 0 Å². The lowest BCUT2D eigenvalue weighted by Gasteiger charge is -2.36. The van der Waals surface area contributed by atoms with Gasteiger partial charge in [0.2, 0.25) is 0 Å². The van der Waals surface area contributed by atoms with Gasteiger partial charge in [0.15, 0.2) is 5.76 Å². The molecule has 6 nitrogen and oxygen atoms in total. The minimum atomic E-state index is -0.923. The Bertz CT molecular complexity index is 1200. The lowest BCUT2D eigenvalue weighted by atomic mass is 9.80. The van der Waals surface area contributed by atoms with Gasteiger partial charge in [0, 0.05) is 12.1 Å². The number of hydrogen-bond acceptors (Lipinski definition) is 6. The topological polar surface area (TPSA) is 49.4 Å². The SMILES string of the molecule is CCC1COC(COC(c2ccccc2)(c2ccc(OC)cc2)c2ccc(OC)cc2)=C1OCN(C(C)C)C(C)C. The zero-order valence-corrected chi connectivity index (χ0v) is 25.6. The fourth-order valence-corrected chi connectivity index (χ4v) is 5.48. The van der Waals surface area contributed by atoms with Crippen molar-refractivity contribution in [1.82, 2.24) is 4.90 Å². The quantitative estimate of drug-likeness (QED) is 0.152. The van der Waals surface area contributed by atoms with Crippen LogP contribution in [0, 0.1) is 5.92 Å². The fourth-order valence-electron chi connectivity index (χ4n) is 5.48. The number of methoxy groups -OCH3 is 2. The summed E-state index contributed by atoms with van der Waals surface area (Å²) in [5.74, 6) is 3.42. The van der Waals surface area contributed by atoms with Crippen molar-refractivity contribution in [2.45, 2.75) is 58.7 Å². The monoisotopic (exact) mass is 559 g/mol. The molecule has 1 heterocycles. The van der Waals surface area contributed by atoms with Gasteiger partial charge in [-0.15, -0.1) is 0 Å². The summed E-state index contributed by atoms with van der Waals surface area (Å²) in [5.41, 5.74) is 2.05. The van der Waals surface area contributed by atoms with Gasteiger partial charge in [0.25, 0.3) is 0 Å². The molecule has 0 saturated heterocycles. The Labute approximate surface area is 245 Å². The number of nitrogens with zero attached hydrogens (tertiary/aromatic N) is 1. The Hall–Kier alpha value is -3.48. The summed E-state index contributed by atoms with van der Waals surface area (Å²) < 4.78 is 30.8. The van der Waals surface area contributed by atoms with E-state index in [2.05, 4.69) is 75.9 Å². The molecule has 0 fully saturated rings. The Morgan fingerprint density at radius 3 is 1.76 bits per heavy atom. The summed E-state index contributed by atoms with van der Waals surface area (Å²) in [5, 5.41) is 0. The molecule has 41 heavy (non-hydrogen) atoms. The van der Waals surface area contributed by atoms with Crippen LogP contribution in [-0.4, -0.2) is 51.1 Å². The van der Waals surface area contributed by atoms with Gasteiger partial charge in [-0.2, -0.15) is 0 Å². The van der Waals surface area contributed by atoms with Gasteiger partial charge in [0.1, 0.15) is 36.2 Å². The maximum Gasteiger partial charge on any atom is 0.160 e. The van der Waals surface area contributed by atoms with E-state index in [4.69, 9.17) is 23.7 Å². The predicted octanol–water partition coefficient (Wildman–Crippen LogP) is 7.37. The molecule has 1 unspecified atom stereocenters. The van der Waals surface area contributed by atoms with Crippen LogP contribution in [0.15, 0.2) is 90.4 Å². The van der Waals surface area contributed by atoms with Crippen molar-refractivity contribution in [2.75, 3.05) is 34.2 Å². The van der Waals surface area contributed by atoms with Gasteiger partial charge < -0.3 is 23.7 Å². The van der Waals surface area contributed by atoms with Crippen LogP contribution in [0.2, 0.25) is 0 Å². The first-order valence-corrected chi connectivity index (χ1v) is 14.6. The van der Waals surface area contributed by atoms with Crippen molar-refractivity contribution in [3.05, 3.63) is 107 Å². The number of benzene rings is 3. The third-order valence-electron chi connectivity index (χ3n) is 7.89. The molecule has 0 amide bonds. The van der Waals surface area contributed by atoms with E-state index in [0.29, 0.717) is 25.4 Å². The second kappa shape index (κ2) is 13.9. The first-order valence-electron chi connectivity index (χ1n) is 14.6. The van der Waals surface area contributed by atoms with E-state index in [9.17, 15) is 0 Å². The summed E-state index contributed by atoms with van der Waals surface area (Å²) in [4.78, 5) is 2.33. The minimum absolute atomic E-state index is 0.197. The molecule has 1 atom stereocenters. The lowest BCUT2D eigenvalue weighted by molar-refractivity contribution is -0.000271. The van der Waals surface area contributed by atoms with E-state index in [1.165, 1.54) is 0 Å². The number of ether oxygens (including phenoxy) is 5. The molecule has 1 aliphatic rings. The van der Waals surface area contributed by atoms with Crippen molar-refractivity contribution >= 4 is 0 Å². The summed E-state index contributed by atoms with van der Waals surface area (Å²) in [6.07, 6.45) is 0.934. The molecule has 0 aliphatic carbocycles. The van der Waals surface area contributed by atoms with Crippen LogP contribution >= 0.6 is 0 Å². The Morgan fingerprint density at radius 1 is 0.780 bits per heavy atom. The van der Waals surface area contributed by atoms with E-state index >= 15 is 0 Å². The summed E-state index contributed by atoms with van der Waals surface area (Å²) in [7, 11) is 3.35. The van der Waals surface area contributed by atoms with Gasteiger partial charge in [0.05, 0.1) is 26.7 Å². The second-order valence-electron chi connectivity index (χ2n) is 11.0. The van der Waals surface area contributed by atoms with E-state index in [1.807, 2.05) is 42.5 Å². The van der Waals surface area contributed by atoms with Gasteiger partial charge in [-0.1, -0.05) is 61.5 Å². The molecule has 0 N–H and O–H groups in total. The molecular weight excluding hydrogens is 514 g/mol. The van der Waals surface area contributed by atoms with Gasteiger partial charge in [-0.25, -0.2) is 0 Å². The molecule has 220 valence electrons. The highest BCUT2D eigenvalue weighted by Crippen LogP contribution is 2.43. The average molecular weight is 560 g/mol. The lowest BCUT2D eigenvalue weighted by Crippen LogP contribution is -2.39. The van der Waals surface area contributed by atoms with Gasteiger partial charge in [-0.3, -0.25) is 4.90 Å². The van der Waals surface area contributed by atoms with E-state index < -0.39 is 5.60 Å². The summed E-state index contributed by atoms with van der Waals surface area (Å²) in [6.45, 7) is 12.3. The number of hydrogen-bond donors (Lipinski definition) is 0. The highest BCUT2D eigenvalue weighted by atomic mass is 16.6. The molecular formula is C35H45NO5. The first-order chi connectivity index (χ1) is 19.8. The molecule has 0 aromatic heterocycles. The molecule has 4 rings (SSSR count). The van der Waals surface area contributed by atoms with Crippen molar-refractivity contribution < 1.29 is 23.7 Å². The van der Waals surface area contributed by atoms with E-state index in [1.54, 1.807) is 14.2 Å². The van der Waals surface area contributed by atoms with Crippen LogP contribution in [0.4, 0.5) is 0 Å². The van der Waals surface area contributed by atoms with Gasteiger partial charge >= 0.3 is 0 Å². The van der Waals surface area contributed by atoms with Crippen LogP contribution in [0.3, 0.4) is 0 Å². The maximum atomic E-state index is 7.09. The largest absolute Gasteiger partial charge is 0.497 e. The molecule has 0 spiro atoms. The molecule has 6 heteroatoms. The highest BCUT2D eigenvalue weighted by molar-refractivity contribution is 5.49. The van der Waals surface area contributed by atoms with Crippen LogP contribution in [-0.2, 0) is 19.8 Å². The smallest absolute Gasteiger partial charge is 0.160 e. The molecule has 3 aromatic carbocycles. The third kappa shape index (κ3) is 6.71. The molecule has 1 aliphatic heterocycles. The summed E-state index contributed by atoms with van der Waals surface area (Å²) in [6, 6.07) is 27.2. The molecule has 0 bridgehead atoms. The Balaban J connectivity index is 1.78. The minimum Gasteiger partial charge on any atom is -0.497 e. The second-order valence-corrected chi connectivity index (χ2v) is 11.0.